The average molecular weight is 470 g/mol. The summed E-state index contributed by atoms with van der Waals surface area (Å²) in [7, 11) is 0. The highest BCUT2D eigenvalue weighted by Crippen LogP contribution is 2.23. The fourth-order valence-electron chi connectivity index (χ4n) is 3.91. The van der Waals surface area contributed by atoms with Crippen LogP contribution in [0.25, 0.3) is 0 Å². The SMILES string of the molecule is C[Si](Cl)(Cl)CCCCCCCCCCCCCCCCCCCCCCCS. The lowest BCUT2D eigenvalue weighted by Gasteiger charge is -2.09. The molecule has 0 saturated carbocycles. The maximum absolute atomic E-state index is 6.13. The summed E-state index contributed by atoms with van der Waals surface area (Å²) in [5, 5.41) is 0. The van der Waals surface area contributed by atoms with Crippen LogP contribution in [0.1, 0.15) is 135 Å². The topological polar surface area (TPSA) is 0 Å². The van der Waals surface area contributed by atoms with E-state index in [0.717, 1.165) is 11.8 Å². The molecule has 0 spiro atoms. The molecule has 0 radical (unpaired) electrons. The number of hydrogen-bond acceptors (Lipinski definition) is 1. The summed E-state index contributed by atoms with van der Waals surface area (Å²) < 4.78 is 0. The lowest BCUT2D eigenvalue weighted by molar-refractivity contribution is 0.521. The van der Waals surface area contributed by atoms with Crippen LogP contribution in [-0.4, -0.2) is 12.4 Å². The van der Waals surface area contributed by atoms with Crippen LogP contribution in [0, 0.1) is 0 Å². The largest absolute Gasteiger partial charge is 0.248 e. The van der Waals surface area contributed by atoms with E-state index in [2.05, 4.69) is 12.6 Å². The number of halogens is 2. The van der Waals surface area contributed by atoms with Gasteiger partial charge in [0.2, 0.25) is 6.69 Å². The van der Waals surface area contributed by atoms with Crippen LogP contribution in [0.4, 0.5) is 0 Å². The van der Waals surface area contributed by atoms with Crippen molar-refractivity contribution in [3.8, 4) is 0 Å². The number of hydrogen-bond donors (Lipinski definition) is 1. The molecular weight excluding hydrogens is 419 g/mol. The van der Waals surface area contributed by atoms with E-state index >= 15 is 0 Å². The summed E-state index contributed by atoms with van der Waals surface area (Å²) in [5.41, 5.74) is 0. The number of rotatable bonds is 23. The quantitative estimate of drug-likeness (QED) is 0.0654. The predicted octanol–water partition coefficient (Wildman–Crippen LogP) is 10.7. The summed E-state index contributed by atoms with van der Waals surface area (Å²) in [6.45, 7) is 0.202. The number of unbranched alkanes of at least 4 members (excludes halogenated alkanes) is 20. The first kappa shape index (κ1) is 29.1. The predicted molar refractivity (Wildman–Crippen MR) is 139 cm³/mol. The lowest BCUT2D eigenvalue weighted by Crippen LogP contribution is -2.11. The van der Waals surface area contributed by atoms with Crippen molar-refractivity contribution in [2.45, 2.75) is 147 Å². The average Bonchev–Trinajstić information content (AvgIpc) is 2.65. The van der Waals surface area contributed by atoms with Gasteiger partial charge in [-0.2, -0.15) is 12.6 Å². The molecule has 0 aromatic heterocycles. The van der Waals surface area contributed by atoms with Gasteiger partial charge < -0.3 is 0 Å². The van der Waals surface area contributed by atoms with E-state index in [-0.39, 0.29) is 0 Å². The molecule has 0 aromatic rings. The summed E-state index contributed by atoms with van der Waals surface area (Å²) >= 11 is 16.5. The first-order valence-corrected chi connectivity index (χ1v) is 17.9. The molecule has 0 atom stereocenters. The Kier molecular flexibility index (Phi) is 23.8. The van der Waals surface area contributed by atoms with Gasteiger partial charge in [0.1, 0.15) is 0 Å². The highest BCUT2D eigenvalue weighted by molar-refractivity contribution is 7.80. The van der Waals surface area contributed by atoms with Crippen LogP contribution >= 0.6 is 34.8 Å². The molecule has 0 rings (SSSR count). The first-order valence-electron chi connectivity index (χ1n) is 12.5. The van der Waals surface area contributed by atoms with E-state index in [0.29, 0.717) is 0 Å². The molecule has 28 heavy (non-hydrogen) atoms. The molecule has 0 aromatic carbocycles. The molecule has 0 N–H and O–H groups in total. The molecule has 4 heteroatoms. The second-order valence-electron chi connectivity index (χ2n) is 8.97. The summed E-state index contributed by atoms with van der Waals surface area (Å²) in [5.74, 6) is 1.06. The minimum atomic E-state index is -1.83. The van der Waals surface area contributed by atoms with Gasteiger partial charge in [-0.25, -0.2) is 0 Å². The molecule has 0 aliphatic carbocycles. The Hall–Kier alpha value is 1.15. The van der Waals surface area contributed by atoms with Crippen molar-refractivity contribution in [2.75, 3.05) is 5.75 Å². The molecule has 0 aliphatic heterocycles. The van der Waals surface area contributed by atoms with Crippen LogP contribution in [0.2, 0.25) is 12.6 Å². The van der Waals surface area contributed by atoms with Gasteiger partial charge in [-0.3, -0.25) is 0 Å². The molecule has 0 saturated heterocycles. The van der Waals surface area contributed by atoms with Crippen molar-refractivity contribution >= 4 is 41.5 Å². The highest BCUT2D eigenvalue weighted by atomic mass is 35.7. The molecule has 0 fully saturated rings. The van der Waals surface area contributed by atoms with Gasteiger partial charge in [0.15, 0.2) is 0 Å². The fraction of sp³-hybridized carbons (Fsp3) is 1.00. The zero-order chi connectivity index (χ0) is 20.8. The smallest absolute Gasteiger partial charge is 0.179 e. The van der Waals surface area contributed by atoms with Crippen molar-refractivity contribution in [3.05, 3.63) is 0 Å². The molecule has 0 aliphatic rings. The molecule has 0 nitrogen and oxygen atoms in total. The minimum absolute atomic E-state index is 1.06. The van der Waals surface area contributed by atoms with E-state index in [1.807, 2.05) is 6.55 Å². The van der Waals surface area contributed by atoms with Gasteiger partial charge in [0.25, 0.3) is 0 Å². The van der Waals surface area contributed by atoms with Crippen LogP contribution in [0.3, 0.4) is 0 Å². The molecule has 0 bridgehead atoms. The van der Waals surface area contributed by atoms with Crippen molar-refractivity contribution in [3.63, 3.8) is 0 Å². The van der Waals surface area contributed by atoms with Crippen molar-refractivity contribution < 1.29 is 0 Å². The van der Waals surface area contributed by atoms with E-state index in [1.54, 1.807) is 0 Å². The van der Waals surface area contributed by atoms with E-state index in [9.17, 15) is 0 Å². The Labute approximate surface area is 194 Å². The second-order valence-corrected chi connectivity index (χ2v) is 17.6. The summed E-state index contributed by atoms with van der Waals surface area (Å²) in [4.78, 5) is 0. The van der Waals surface area contributed by atoms with Gasteiger partial charge >= 0.3 is 0 Å². The lowest BCUT2D eigenvalue weighted by atomic mass is 10.0. The van der Waals surface area contributed by atoms with Gasteiger partial charge in [-0.15, -0.1) is 22.2 Å². The summed E-state index contributed by atoms with van der Waals surface area (Å²) in [6.07, 6.45) is 29.8. The Morgan fingerprint density at radius 3 is 0.857 bits per heavy atom. The molecular formula is C24H50Cl2SSi. The van der Waals surface area contributed by atoms with Gasteiger partial charge in [-0.05, 0) is 24.8 Å². The van der Waals surface area contributed by atoms with Crippen molar-refractivity contribution in [1.82, 2.24) is 0 Å². The Bertz CT molecular complexity index is 295. The second kappa shape index (κ2) is 22.8. The third kappa shape index (κ3) is 27.1. The Balaban J connectivity index is 3.01. The monoisotopic (exact) mass is 468 g/mol. The van der Waals surface area contributed by atoms with Crippen LogP contribution in [0.15, 0.2) is 0 Å². The zero-order valence-corrected chi connectivity index (χ0v) is 22.4. The maximum atomic E-state index is 6.13. The van der Waals surface area contributed by atoms with Gasteiger partial charge in [-0.1, -0.05) is 128 Å². The van der Waals surface area contributed by atoms with Crippen LogP contribution in [-0.2, 0) is 0 Å². The standard InChI is InChI=1S/C24H50Cl2SSi/c1-28(25,26)24-22-20-18-16-14-12-10-8-6-4-2-3-5-7-9-11-13-15-17-19-21-23-27/h27H,2-24H2,1H3. The van der Waals surface area contributed by atoms with E-state index in [1.165, 1.54) is 135 Å². The Morgan fingerprint density at radius 2 is 0.643 bits per heavy atom. The maximum Gasteiger partial charge on any atom is 0.248 e. The highest BCUT2D eigenvalue weighted by Gasteiger charge is 2.19. The van der Waals surface area contributed by atoms with E-state index in [4.69, 9.17) is 22.2 Å². The summed E-state index contributed by atoms with van der Waals surface area (Å²) in [6, 6.07) is 1.06. The van der Waals surface area contributed by atoms with Crippen LogP contribution in [0.5, 0.6) is 0 Å². The molecule has 0 heterocycles. The van der Waals surface area contributed by atoms with Gasteiger partial charge in [0.05, 0.1) is 0 Å². The van der Waals surface area contributed by atoms with Gasteiger partial charge in [0, 0.05) is 0 Å². The molecule has 170 valence electrons. The third-order valence-corrected chi connectivity index (χ3v) is 8.46. The fourth-order valence-corrected chi connectivity index (χ4v) is 5.80. The van der Waals surface area contributed by atoms with E-state index < -0.39 is 6.69 Å². The third-order valence-electron chi connectivity index (χ3n) is 5.77. The minimum Gasteiger partial charge on any atom is -0.179 e. The Morgan fingerprint density at radius 1 is 0.429 bits per heavy atom. The first-order chi connectivity index (χ1) is 13.6. The molecule has 0 unspecified atom stereocenters. The molecule has 0 amide bonds. The zero-order valence-electron chi connectivity index (χ0n) is 19.0. The normalized spacial score (nSPS) is 12.0. The van der Waals surface area contributed by atoms with Crippen molar-refractivity contribution in [2.24, 2.45) is 0 Å². The van der Waals surface area contributed by atoms with Crippen LogP contribution < -0.4 is 0 Å². The van der Waals surface area contributed by atoms with Crippen molar-refractivity contribution in [1.29, 1.82) is 0 Å². The number of thiol groups is 1.